The lowest BCUT2D eigenvalue weighted by Gasteiger charge is -2.13. The number of hydrogen-bond acceptors (Lipinski definition) is 3. The molecule has 0 radical (unpaired) electrons. The molecule has 1 atom stereocenters. The molecule has 0 aliphatic rings. The zero-order chi connectivity index (χ0) is 10.7. The molecule has 0 amide bonds. The van der Waals surface area contributed by atoms with Gasteiger partial charge in [0.1, 0.15) is 0 Å². The van der Waals surface area contributed by atoms with Crippen LogP contribution in [0.5, 0.6) is 11.5 Å². The highest BCUT2D eigenvalue weighted by molar-refractivity contribution is 5.43. The van der Waals surface area contributed by atoms with Crippen LogP contribution in [-0.4, -0.2) is 19.3 Å². The minimum atomic E-state index is -0.665. The first-order valence-corrected chi connectivity index (χ1v) is 4.33. The van der Waals surface area contributed by atoms with E-state index in [1.165, 1.54) is 13.2 Å². The van der Waals surface area contributed by atoms with E-state index < -0.39 is 11.6 Å². The molecule has 2 N–H and O–H groups in total. The minimum absolute atomic E-state index is 0.0130. The predicted octanol–water partition coefficient (Wildman–Crippen LogP) is 1.82. The van der Waals surface area contributed by atoms with E-state index in [-0.39, 0.29) is 11.8 Å². The predicted molar refractivity (Wildman–Crippen MR) is 52.1 cm³/mol. The summed E-state index contributed by atoms with van der Waals surface area (Å²) in [6.07, 6.45) is 0. The second kappa shape index (κ2) is 4.28. The van der Waals surface area contributed by atoms with Crippen LogP contribution in [0.2, 0.25) is 0 Å². The Morgan fingerprint density at radius 2 is 2.14 bits per heavy atom. The average Bonchev–Trinajstić information content (AvgIpc) is 2.20. The zero-order valence-corrected chi connectivity index (χ0v) is 8.47. The molecule has 0 fully saturated rings. The number of phenolic OH excluding ortho intramolecular Hbond substituents is 1. The normalized spacial score (nSPS) is 12.6. The van der Waals surface area contributed by atoms with Crippen molar-refractivity contribution in [2.75, 3.05) is 14.2 Å². The highest BCUT2D eigenvalue weighted by Crippen LogP contribution is 2.31. The summed E-state index contributed by atoms with van der Waals surface area (Å²) in [5.41, 5.74) is 0.736. The van der Waals surface area contributed by atoms with E-state index in [0.717, 1.165) is 5.56 Å². The van der Waals surface area contributed by atoms with Crippen LogP contribution >= 0.6 is 0 Å². The summed E-state index contributed by atoms with van der Waals surface area (Å²) in [7, 11) is 3.17. The van der Waals surface area contributed by atoms with Gasteiger partial charge >= 0.3 is 0 Å². The fourth-order valence-electron chi connectivity index (χ4n) is 1.17. The third-order valence-corrected chi connectivity index (χ3v) is 2.20. The standard InChI is InChI=1S/C10H14FNO2/c1-6(12-2)7-4-8(11)10(13)9(5-7)14-3/h4-6,12-13H,1-3H3/t6-/m1/s1. The van der Waals surface area contributed by atoms with Crippen LogP contribution in [0.3, 0.4) is 0 Å². The largest absolute Gasteiger partial charge is 0.502 e. The Bertz CT molecular complexity index is 328. The van der Waals surface area contributed by atoms with Crippen molar-refractivity contribution in [3.8, 4) is 11.5 Å². The lowest BCUT2D eigenvalue weighted by atomic mass is 10.1. The molecule has 0 bridgehead atoms. The fraction of sp³-hybridized carbons (Fsp3) is 0.400. The van der Waals surface area contributed by atoms with Crippen molar-refractivity contribution < 1.29 is 14.2 Å². The third-order valence-electron chi connectivity index (χ3n) is 2.20. The van der Waals surface area contributed by atoms with E-state index >= 15 is 0 Å². The van der Waals surface area contributed by atoms with Crippen molar-refractivity contribution >= 4 is 0 Å². The summed E-state index contributed by atoms with van der Waals surface area (Å²) in [5, 5.41) is 12.2. The highest BCUT2D eigenvalue weighted by atomic mass is 19.1. The maximum atomic E-state index is 13.2. The van der Waals surface area contributed by atoms with E-state index in [9.17, 15) is 9.50 Å². The Balaban J connectivity index is 3.16. The Morgan fingerprint density at radius 1 is 1.50 bits per heavy atom. The summed E-state index contributed by atoms with van der Waals surface area (Å²) in [6, 6.07) is 2.91. The van der Waals surface area contributed by atoms with Crippen LogP contribution in [0.25, 0.3) is 0 Å². The number of hydrogen-bond donors (Lipinski definition) is 2. The van der Waals surface area contributed by atoms with Crippen LogP contribution in [0.4, 0.5) is 4.39 Å². The van der Waals surface area contributed by atoms with Gasteiger partial charge in [-0.3, -0.25) is 0 Å². The van der Waals surface area contributed by atoms with Gasteiger partial charge in [0.15, 0.2) is 17.3 Å². The summed E-state index contributed by atoms with van der Waals surface area (Å²) >= 11 is 0. The van der Waals surface area contributed by atoms with Crippen LogP contribution < -0.4 is 10.1 Å². The highest BCUT2D eigenvalue weighted by Gasteiger charge is 2.12. The van der Waals surface area contributed by atoms with Gasteiger partial charge in [-0.1, -0.05) is 0 Å². The monoisotopic (exact) mass is 199 g/mol. The van der Waals surface area contributed by atoms with Gasteiger partial charge in [0.05, 0.1) is 7.11 Å². The van der Waals surface area contributed by atoms with Gasteiger partial charge in [-0.2, -0.15) is 0 Å². The SMILES string of the molecule is CN[C@H](C)c1cc(F)c(O)c(OC)c1. The molecule has 1 aromatic rings. The lowest BCUT2D eigenvalue weighted by molar-refractivity contribution is 0.355. The first-order valence-electron chi connectivity index (χ1n) is 4.33. The van der Waals surface area contributed by atoms with E-state index in [2.05, 4.69) is 5.32 Å². The van der Waals surface area contributed by atoms with Crippen molar-refractivity contribution in [1.29, 1.82) is 0 Å². The molecule has 4 heteroatoms. The van der Waals surface area contributed by atoms with Gasteiger partial charge in [-0.15, -0.1) is 0 Å². The second-order valence-electron chi connectivity index (χ2n) is 3.06. The maximum Gasteiger partial charge on any atom is 0.194 e. The molecular formula is C10H14FNO2. The van der Waals surface area contributed by atoms with E-state index in [1.54, 1.807) is 13.1 Å². The van der Waals surface area contributed by atoms with Crippen molar-refractivity contribution in [3.63, 3.8) is 0 Å². The van der Waals surface area contributed by atoms with Gasteiger partial charge in [0.2, 0.25) is 0 Å². The molecule has 0 saturated carbocycles. The number of phenols is 1. The lowest BCUT2D eigenvalue weighted by Crippen LogP contribution is -2.12. The summed E-state index contributed by atoms with van der Waals surface area (Å²) < 4.78 is 18.0. The average molecular weight is 199 g/mol. The smallest absolute Gasteiger partial charge is 0.194 e. The molecule has 0 aromatic heterocycles. The number of aromatic hydroxyl groups is 1. The van der Waals surface area contributed by atoms with E-state index in [0.29, 0.717) is 0 Å². The minimum Gasteiger partial charge on any atom is -0.502 e. The van der Waals surface area contributed by atoms with Crippen molar-refractivity contribution in [2.24, 2.45) is 0 Å². The molecular weight excluding hydrogens is 185 g/mol. The molecule has 0 heterocycles. The van der Waals surface area contributed by atoms with E-state index in [1.807, 2.05) is 6.92 Å². The molecule has 3 nitrogen and oxygen atoms in total. The molecule has 0 spiro atoms. The Morgan fingerprint density at radius 3 is 2.64 bits per heavy atom. The van der Waals surface area contributed by atoms with Crippen molar-refractivity contribution in [3.05, 3.63) is 23.5 Å². The molecule has 14 heavy (non-hydrogen) atoms. The Labute approximate surface area is 82.5 Å². The topological polar surface area (TPSA) is 41.5 Å². The molecule has 0 unspecified atom stereocenters. The quantitative estimate of drug-likeness (QED) is 0.780. The van der Waals surface area contributed by atoms with Crippen LogP contribution in [0, 0.1) is 5.82 Å². The van der Waals surface area contributed by atoms with Gasteiger partial charge in [0.25, 0.3) is 0 Å². The number of nitrogens with one attached hydrogen (secondary N) is 1. The fourth-order valence-corrected chi connectivity index (χ4v) is 1.17. The number of benzene rings is 1. The van der Waals surface area contributed by atoms with Gasteiger partial charge in [0, 0.05) is 6.04 Å². The summed E-state index contributed by atoms with van der Waals surface area (Å²) in [6.45, 7) is 1.89. The van der Waals surface area contributed by atoms with Gasteiger partial charge in [-0.25, -0.2) is 4.39 Å². The third kappa shape index (κ3) is 1.96. The van der Waals surface area contributed by atoms with Crippen LogP contribution in [-0.2, 0) is 0 Å². The van der Waals surface area contributed by atoms with Gasteiger partial charge in [-0.05, 0) is 31.7 Å². The molecule has 0 aliphatic carbocycles. The molecule has 0 aliphatic heterocycles. The molecule has 1 rings (SSSR count). The van der Waals surface area contributed by atoms with Crippen molar-refractivity contribution in [2.45, 2.75) is 13.0 Å². The van der Waals surface area contributed by atoms with Crippen LogP contribution in [0.1, 0.15) is 18.5 Å². The summed E-state index contributed by atoms with van der Waals surface area (Å²) in [5.74, 6) is -0.955. The molecule has 1 aromatic carbocycles. The second-order valence-corrected chi connectivity index (χ2v) is 3.06. The Hall–Kier alpha value is -1.29. The summed E-state index contributed by atoms with van der Waals surface area (Å²) in [4.78, 5) is 0. The molecule has 78 valence electrons. The zero-order valence-electron chi connectivity index (χ0n) is 8.47. The number of ether oxygens (including phenoxy) is 1. The van der Waals surface area contributed by atoms with Crippen LogP contribution in [0.15, 0.2) is 12.1 Å². The molecule has 0 saturated heterocycles. The Kier molecular flexibility index (Phi) is 3.30. The number of rotatable bonds is 3. The number of methoxy groups -OCH3 is 1. The number of halogens is 1. The maximum absolute atomic E-state index is 13.2. The van der Waals surface area contributed by atoms with Crippen molar-refractivity contribution in [1.82, 2.24) is 5.32 Å². The van der Waals surface area contributed by atoms with E-state index in [4.69, 9.17) is 4.74 Å². The first kappa shape index (κ1) is 10.8. The first-order chi connectivity index (χ1) is 6.60. The van der Waals surface area contributed by atoms with Gasteiger partial charge < -0.3 is 15.2 Å².